The summed E-state index contributed by atoms with van der Waals surface area (Å²) in [6, 6.07) is 9.77. The molecule has 2 heterocycles. The Morgan fingerprint density at radius 3 is 2.68 bits per heavy atom. The minimum absolute atomic E-state index is 0.447. The molecule has 2 aromatic heterocycles. The monoisotopic (exact) mass is 355 g/mol. The van der Waals surface area contributed by atoms with Gasteiger partial charge in [0.05, 0.1) is 10.9 Å². The summed E-state index contributed by atoms with van der Waals surface area (Å²) in [6.07, 6.45) is 5.39. The Labute approximate surface area is 148 Å². The van der Waals surface area contributed by atoms with Crippen LogP contribution < -0.4 is 5.32 Å². The van der Waals surface area contributed by atoms with Crippen LogP contribution in [0.1, 0.15) is 24.8 Å². The number of thioether (sulfide) groups is 1. The first kappa shape index (κ1) is 16.0. The van der Waals surface area contributed by atoms with E-state index in [0.717, 1.165) is 41.5 Å². The van der Waals surface area contributed by atoms with Crippen molar-refractivity contribution < 1.29 is 14.3 Å². The van der Waals surface area contributed by atoms with E-state index >= 15 is 0 Å². The van der Waals surface area contributed by atoms with E-state index in [9.17, 15) is 4.79 Å². The lowest BCUT2D eigenvalue weighted by atomic mass is 9.72. The van der Waals surface area contributed by atoms with Gasteiger partial charge in [0.15, 0.2) is 5.16 Å². The summed E-state index contributed by atoms with van der Waals surface area (Å²) in [5, 5.41) is 13.3. The molecule has 0 aliphatic heterocycles. The zero-order chi connectivity index (χ0) is 17.4. The summed E-state index contributed by atoms with van der Waals surface area (Å²) in [5.74, 6) is 0.725. The van der Waals surface area contributed by atoms with E-state index in [-0.39, 0.29) is 0 Å². The number of nitrogens with zero attached hydrogens (tertiary/aromatic N) is 2. The highest BCUT2D eigenvalue weighted by molar-refractivity contribution is 7.98. The van der Waals surface area contributed by atoms with Crippen LogP contribution in [-0.4, -0.2) is 27.4 Å². The molecular weight excluding hydrogens is 338 g/mol. The molecule has 128 valence electrons. The van der Waals surface area contributed by atoms with Crippen LogP contribution in [0.4, 0.5) is 4.79 Å². The molecule has 0 atom stereocenters. The molecule has 0 unspecified atom stereocenters. The molecule has 3 aromatic rings. The SMILES string of the molecule is CSc1ncc2cc(-c3ccc(C4(NC(=O)O)CCC4)cc3)oc2n1. The minimum Gasteiger partial charge on any atom is -0.465 e. The zero-order valence-electron chi connectivity index (χ0n) is 13.7. The molecule has 0 bridgehead atoms. The van der Waals surface area contributed by atoms with Crippen LogP contribution >= 0.6 is 11.8 Å². The van der Waals surface area contributed by atoms with Gasteiger partial charge in [0, 0.05) is 11.8 Å². The van der Waals surface area contributed by atoms with Crippen molar-refractivity contribution in [3.05, 3.63) is 42.1 Å². The molecule has 0 radical (unpaired) electrons. The largest absolute Gasteiger partial charge is 0.465 e. The smallest absolute Gasteiger partial charge is 0.405 e. The minimum atomic E-state index is -0.982. The molecule has 1 aliphatic rings. The Hall–Kier alpha value is -2.54. The highest BCUT2D eigenvalue weighted by Crippen LogP contribution is 2.41. The molecule has 1 aliphatic carbocycles. The zero-order valence-corrected chi connectivity index (χ0v) is 14.5. The van der Waals surface area contributed by atoms with Gasteiger partial charge in [-0.2, -0.15) is 4.98 Å². The van der Waals surface area contributed by atoms with Gasteiger partial charge < -0.3 is 14.8 Å². The van der Waals surface area contributed by atoms with Crippen LogP contribution in [0, 0.1) is 0 Å². The van der Waals surface area contributed by atoms with Crippen molar-refractivity contribution in [3.63, 3.8) is 0 Å². The first-order chi connectivity index (χ1) is 12.1. The van der Waals surface area contributed by atoms with Crippen molar-refractivity contribution in [2.75, 3.05) is 6.26 Å². The molecule has 4 rings (SSSR count). The highest BCUT2D eigenvalue weighted by Gasteiger charge is 2.40. The average molecular weight is 355 g/mol. The van der Waals surface area contributed by atoms with Gasteiger partial charge in [-0.3, -0.25) is 0 Å². The van der Waals surface area contributed by atoms with Gasteiger partial charge >= 0.3 is 6.09 Å². The predicted octanol–water partition coefficient (Wildman–Crippen LogP) is 4.26. The van der Waals surface area contributed by atoms with E-state index in [4.69, 9.17) is 9.52 Å². The third-order valence-corrected chi connectivity index (χ3v) is 5.27. The van der Waals surface area contributed by atoms with Crippen LogP contribution in [0.2, 0.25) is 0 Å². The molecular formula is C18H17N3O3S. The van der Waals surface area contributed by atoms with E-state index in [2.05, 4.69) is 15.3 Å². The molecule has 1 fully saturated rings. The van der Waals surface area contributed by atoms with E-state index in [1.54, 1.807) is 6.20 Å². The number of hydrogen-bond donors (Lipinski definition) is 2. The second kappa shape index (κ2) is 6.07. The van der Waals surface area contributed by atoms with Crippen molar-refractivity contribution in [3.8, 4) is 11.3 Å². The summed E-state index contributed by atoms with van der Waals surface area (Å²) < 4.78 is 5.85. The van der Waals surface area contributed by atoms with Crippen LogP contribution in [0.15, 0.2) is 46.1 Å². The van der Waals surface area contributed by atoms with Gasteiger partial charge in [-0.25, -0.2) is 9.78 Å². The van der Waals surface area contributed by atoms with Crippen molar-refractivity contribution in [2.24, 2.45) is 0 Å². The molecule has 25 heavy (non-hydrogen) atoms. The maximum atomic E-state index is 11.1. The molecule has 0 saturated heterocycles. The van der Waals surface area contributed by atoms with Crippen molar-refractivity contribution >= 4 is 29.0 Å². The number of nitrogens with one attached hydrogen (secondary N) is 1. The van der Waals surface area contributed by atoms with Crippen LogP contribution in [0.3, 0.4) is 0 Å². The third-order valence-electron chi connectivity index (χ3n) is 4.71. The Bertz CT molecular complexity index is 932. The van der Waals surface area contributed by atoms with Crippen molar-refractivity contribution in [1.82, 2.24) is 15.3 Å². The summed E-state index contributed by atoms with van der Waals surface area (Å²) in [6.45, 7) is 0. The lowest BCUT2D eigenvalue weighted by molar-refractivity contribution is 0.144. The van der Waals surface area contributed by atoms with Crippen molar-refractivity contribution in [1.29, 1.82) is 0 Å². The number of aromatic nitrogens is 2. The summed E-state index contributed by atoms with van der Waals surface area (Å²) in [4.78, 5) is 19.7. The fourth-order valence-corrected chi connectivity index (χ4v) is 3.56. The Balaban J connectivity index is 1.65. The Kier molecular flexibility index (Phi) is 3.88. The summed E-state index contributed by atoms with van der Waals surface area (Å²) in [5.41, 5.74) is 2.04. The number of furan rings is 1. The number of fused-ring (bicyclic) bond motifs is 1. The molecule has 1 saturated carbocycles. The predicted molar refractivity (Wildman–Crippen MR) is 95.7 cm³/mol. The molecule has 0 spiro atoms. The van der Waals surface area contributed by atoms with E-state index < -0.39 is 11.6 Å². The number of carbonyl (C=O) groups is 1. The maximum Gasteiger partial charge on any atom is 0.405 e. The van der Waals surface area contributed by atoms with E-state index in [1.807, 2.05) is 36.6 Å². The number of rotatable bonds is 4. The summed E-state index contributed by atoms with van der Waals surface area (Å²) in [7, 11) is 0. The molecule has 6 nitrogen and oxygen atoms in total. The molecule has 1 amide bonds. The Morgan fingerprint density at radius 2 is 2.08 bits per heavy atom. The standard InChI is InChI=1S/C18H17N3O3S/c1-25-16-19-10-12-9-14(24-15(12)20-16)11-3-5-13(6-4-11)18(7-2-8-18)21-17(22)23/h3-6,9-10,21H,2,7-8H2,1H3,(H,22,23). The lowest BCUT2D eigenvalue weighted by Crippen LogP contribution is -2.50. The average Bonchev–Trinajstić information content (AvgIpc) is 3.01. The van der Waals surface area contributed by atoms with Gasteiger partial charge in [0.25, 0.3) is 0 Å². The van der Waals surface area contributed by atoms with E-state index in [1.165, 1.54) is 11.8 Å². The molecule has 1 aromatic carbocycles. The van der Waals surface area contributed by atoms with Gasteiger partial charge in [0.2, 0.25) is 5.71 Å². The normalized spacial score (nSPS) is 15.7. The topological polar surface area (TPSA) is 88.2 Å². The molecule has 7 heteroatoms. The highest BCUT2D eigenvalue weighted by atomic mass is 32.2. The van der Waals surface area contributed by atoms with Gasteiger partial charge in [-0.1, -0.05) is 36.0 Å². The molecule has 2 N–H and O–H groups in total. The Morgan fingerprint density at radius 1 is 1.32 bits per heavy atom. The maximum absolute atomic E-state index is 11.1. The number of benzene rings is 1. The third kappa shape index (κ3) is 2.84. The first-order valence-corrected chi connectivity index (χ1v) is 9.25. The van der Waals surface area contributed by atoms with E-state index in [0.29, 0.717) is 10.9 Å². The number of amides is 1. The van der Waals surface area contributed by atoms with Gasteiger partial charge in [-0.05, 0) is 37.1 Å². The van der Waals surface area contributed by atoms with Crippen LogP contribution in [-0.2, 0) is 5.54 Å². The second-order valence-corrected chi connectivity index (χ2v) is 6.94. The lowest BCUT2D eigenvalue weighted by Gasteiger charge is -2.42. The van der Waals surface area contributed by atoms with Crippen LogP contribution in [0.5, 0.6) is 0 Å². The number of carboxylic acid groups (broad SMARTS) is 1. The van der Waals surface area contributed by atoms with Gasteiger partial charge in [0.1, 0.15) is 5.76 Å². The second-order valence-electron chi connectivity index (χ2n) is 6.17. The quantitative estimate of drug-likeness (QED) is 0.537. The fourth-order valence-electron chi connectivity index (χ4n) is 3.23. The fraction of sp³-hybridized carbons (Fsp3) is 0.278. The van der Waals surface area contributed by atoms with Gasteiger partial charge in [-0.15, -0.1) is 0 Å². The first-order valence-electron chi connectivity index (χ1n) is 8.02. The number of hydrogen-bond acceptors (Lipinski definition) is 5. The van der Waals surface area contributed by atoms with Crippen molar-refractivity contribution in [2.45, 2.75) is 30.0 Å². The van der Waals surface area contributed by atoms with Crippen LogP contribution in [0.25, 0.3) is 22.4 Å². The summed E-state index contributed by atoms with van der Waals surface area (Å²) >= 11 is 1.47.